The quantitative estimate of drug-likeness (QED) is 0.842. The second kappa shape index (κ2) is 6.35. The highest BCUT2D eigenvalue weighted by Crippen LogP contribution is 2.28. The van der Waals surface area contributed by atoms with Gasteiger partial charge in [0.2, 0.25) is 0 Å². The van der Waals surface area contributed by atoms with Crippen LogP contribution in [-0.4, -0.2) is 16.9 Å². The van der Waals surface area contributed by atoms with E-state index in [4.69, 9.17) is 18.0 Å². The molecule has 1 aliphatic rings. The molecule has 1 fully saturated rings. The maximum Gasteiger partial charge on any atom is 0.251 e. The molecule has 20 heavy (non-hydrogen) atoms. The van der Waals surface area contributed by atoms with Crippen LogP contribution in [0.4, 0.5) is 0 Å². The third-order valence-corrected chi connectivity index (χ3v) is 4.18. The van der Waals surface area contributed by atoms with Gasteiger partial charge in [-0.05, 0) is 43.2 Å². The van der Waals surface area contributed by atoms with Gasteiger partial charge in [-0.3, -0.25) is 4.79 Å². The van der Waals surface area contributed by atoms with Crippen molar-refractivity contribution in [1.29, 1.82) is 0 Å². The second-order valence-corrected chi connectivity index (χ2v) is 6.47. The van der Waals surface area contributed by atoms with Crippen molar-refractivity contribution in [3.05, 3.63) is 35.4 Å². The Morgan fingerprint density at radius 2 is 1.60 bits per heavy atom. The van der Waals surface area contributed by atoms with Gasteiger partial charge in [-0.2, -0.15) is 0 Å². The molecule has 108 valence electrons. The normalized spacial score (nSPS) is 26.0. The molecule has 0 aliphatic heterocycles. The van der Waals surface area contributed by atoms with Gasteiger partial charge in [-0.15, -0.1) is 0 Å². The van der Waals surface area contributed by atoms with Crippen molar-refractivity contribution in [2.45, 2.75) is 39.2 Å². The van der Waals surface area contributed by atoms with Gasteiger partial charge in [0.1, 0.15) is 4.99 Å². The zero-order chi connectivity index (χ0) is 14.7. The third-order valence-electron chi connectivity index (χ3n) is 3.95. The molecule has 1 aromatic rings. The highest BCUT2D eigenvalue weighted by Gasteiger charge is 2.25. The van der Waals surface area contributed by atoms with Crippen LogP contribution >= 0.6 is 12.2 Å². The van der Waals surface area contributed by atoms with Crippen molar-refractivity contribution >= 4 is 23.1 Å². The van der Waals surface area contributed by atoms with E-state index in [1.807, 2.05) is 0 Å². The van der Waals surface area contributed by atoms with Crippen molar-refractivity contribution in [2.75, 3.05) is 0 Å². The van der Waals surface area contributed by atoms with Gasteiger partial charge in [-0.1, -0.05) is 38.2 Å². The molecule has 4 heteroatoms. The molecule has 2 unspecified atom stereocenters. The van der Waals surface area contributed by atoms with Crippen LogP contribution in [-0.2, 0) is 0 Å². The summed E-state index contributed by atoms with van der Waals surface area (Å²) in [4.78, 5) is 12.6. The lowest BCUT2D eigenvalue weighted by molar-refractivity contribution is 0.0911. The summed E-state index contributed by atoms with van der Waals surface area (Å²) in [6.45, 7) is 4.51. The standard InChI is InChI=1S/C16H22N2OS/c1-10-7-11(2)9-14(8-10)18-16(19)13-5-3-12(4-6-13)15(17)20/h3-6,10-11,14H,7-9H2,1-2H3,(H2,17,20)(H,18,19). The lowest BCUT2D eigenvalue weighted by Crippen LogP contribution is -2.40. The van der Waals surface area contributed by atoms with E-state index in [1.165, 1.54) is 6.42 Å². The van der Waals surface area contributed by atoms with E-state index in [0.717, 1.165) is 18.4 Å². The average molecular weight is 290 g/mol. The van der Waals surface area contributed by atoms with Crippen molar-refractivity contribution in [1.82, 2.24) is 5.32 Å². The van der Waals surface area contributed by atoms with Crippen molar-refractivity contribution in [3.8, 4) is 0 Å². The Labute approximate surface area is 125 Å². The van der Waals surface area contributed by atoms with Gasteiger partial charge < -0.3 is 11.1 Å². The Bertz CT molecular complexity index is 488. The molecule has 0 spiro atoms. The number of rotatable bonds is 3. The Morgan fingerprint density at radius 1 is 1.10 bits per heavy atom. The first-order chi connectivity index (χ1) is 9.45. The Morgan fingerprint density at radius 3 is 2.10 bits per heavy atom. The molecule has 0 aromatic heterocycles. The maximum atomic E-state index is 12.2. The zero-order valence-corrected chi connectivity index (χ0v) is 12.9. The third kappa shape index (κ3) is 3.79. The summed E-state index contributed by atoms with van der Waals surface area (Å²) < 4.78 is 0. The minimum Gasteiger partial charge on any atom is -0.389 e. The van der Waals surface area contributed by atoms with Crippen LogP contribution in [0.15, 0.2) is 24.3 Å². The fourth-order valence-corrected chi connectivity index (χ4v) is 3.26. The molecule has 1 aliphatic carbocycles. The first-order valence-corrected chi connectivity index (χ1v) is 7.57. The minimum absolute atomic E-state index is 0.00853. The first kappa shape index (κ1) is 15.0. The summed E-state index contributed by atoms with van der Waals surface area (Å²) in [7, 11) is 0. The topological polar surface area (TPSA) is 55.1 Å². The summed E-state index contributed by atoms with van der Waals surface area (Å²) >= 11 is 4.90. The molecular weight excluding hydrogens is 268 g/mol. The van der Waals surface area contributed by atoms with Crippen molar-refractivity contribution < 1.29 is 4.79 Å². The zero-order valence-electron chi connectivity index (χ0n) is 12.1. The van der Waals surface area contributed by atoms with Crippen LogP contribution in [0.1, 0.15) is 49.0 Å². The highest BCUT2D eigenvalue weighted by atomic mass is 32.1. The molecular formula is C16H22N2OS. The van der Waals surface area contributed by atoms with Crippen LogP contribution in [0.3, 0.4) is 0 Å². The van der Waals surface area contributed by atoms with Gasteiger partial charge in [0.15, 0.2) is 0 Å². The van der Waals surface area contributed by atoms with Crippen LogP contribution in [0.25, 0.3) is 0 Å². The van der Waals surface area contributed by atoms with Crippen LogP contribution < -0.4 is 11.1 Å². The molecule has 3 nitrogen and oxygen atoms in total. The molecule has 3 N–H and O–H groups in total. The second-order valence-electron chi connectivity index (χ2n) is 6.03. The van der Waals surface area contributed by atoms with Gasteiger partial charge in [0.05, 0.1) is 0 Å². The molecule has 2 atom stereocenters. The molecule has 1 aromatic carbocycles. The van der Waals surface area contributed by atoms with Gasteiger partial charge in [-0.25, -0.2) is 0 Å². The number of nitrogens with two attached hydrogens (primary N) is 1. The molecule has 0 bridgehead atoms. The molecule has 0 heterocycles. The number of nitrogens with one attached hydrogen (secondary N) is 1. The number of benzene rings is 1. The average Bonchev–Trinajstić information content (AvgIpc) is 2.37. The summed E-state index contributed by atoms with van der Waals surface area (Å²) in [6.07, 6.45) is 3.40. The van der Waals surface area contributed by atoms with Gasteiger partial charge in [0, 0.05) is 17.2 Å². The summed E-state index contributed by atoms with van der Waals surface area (Å²) in [5.41, 5.74) is 7.00. The van der Waals surface area contributed by atoms with Crippen LogP contribution in [0.2, 0.25) is 0 Å². The van der Waals surface area contributed by atoms with Crippen LogP contribution in [0, 0.1) is 11.8 Å². The Balaban J connectivity index is 1.99. The minimum atomic E-state index is -0.00853. The molecule has 1 amide bonds. The number of thiocarbonyl (C=S) groups is 1. The summed E-state index contributed by atoms with van der Waals surface area (Å²) in [5, 5.41) is 3.14. The fraction of sp³-hybridized carbons (Fsp3) is 0.500. The Hall–Kier alpha value is -1.42. The number of amides is 1. The van der Waals surface area contributed by atoms with E-state index < -0.39 is 0 Å². The van der Waals surface area contributed by atoms with Crippen LogP contribution in [0.5, 0.6) is 0 Å². The van der Waals surface area contributed by atoms with E-state index in [9.17, 15) is 4.79 Å². The van der Waals surface area contributed by atoms with E-state index in [0.29, 0.717) is 22.4 Å². The predicted octanol–water partition coefficient (Wildman–Crippen LogP) is 2.88. The molecule has 0 radical (unpaired) electrons. The first-order valence-electron chi connectivity index (χ1n) is 7.16. The number of hydrogen-bond donors (Lipinski definition) is 2. The largest absolute Gasteiger partial charge is 0.389 e. The van der Waals surface area contributed by atoms with Gasteiger partial charge >= 0.3 is 0 Å². The monoisotopic (exact) mass is 290 g/mol. The summed E-state index contributed by atoms with van der Waals surface area (Å²) in [5.74, 6) is 1.35. The maximum absolute atomic E-state index is 12.2. The molecule has 2 rings (SSSR count). The molecule has 0 saturated heterocycles. The predicted molar refractivity (Wildman–Crippen MR) is 85.8 cm³/mol. The van der Waals surface area contributed by atoms with E-state index >= 15 is 0 Å². The van der Waals surface area contributed by atoms with E-state index in [-0.39, 0.29) is 11.9 Å². The SMILES string of the molecule is CC1CC(C)CC(NC(=O)c2ccc(C(N)=S)cc2)C1. The Kier molecular flexibility index (Phi) is 4.76. The highest BCUT2D eigenvalue weighted by molar-refractivity contribution is 7.80. The smallest absolute Gasteiger partial charge is 0.251 e. The fourth-order valence-electron chi connectivity index (χ4n) is 3.12. The number of carbonyl (C=O) groups excluding carboxylic acids is 1. The lowest BCUT2D eigenvalue weighted by Gasteiger charge is -2.32. The molecule has 1 saturated carbocycles. The van der Waals surface area contributed by atoms with E-state index in [2.05, 4.69) is 19.2 Å². The van der Waals surface area contributed by atoms with Gasteiger partial charge in [0.25, 0.3) is 5.91 Å². The number of hydrogen-bond acceptors (Lipinski definition) is 2. The van der Waals surface area contributed by atoms with E-state index in [1.54, 1.807) is 24.3 Å². The lowest BCUT2D eigenvalue weighted by atomic mass is 9.80. The summed E-state index contributed by atoms with van der Waals surface area (Å²) in [6, 6.07) is 7.43. The van der Waals surface area contributed by atoms with Crippen molar-refractivity contribution in [3.63, 3.8) is 0 Å². The number of carbonyl (C=O) groups is 1. The van der Waals surface area contributed by atoms with Crippen molar-refractivity contribution in [2.24, 2.45) is 17.6 Å².